The predicted molar refractivity (Wildman–Crippen MR) is 91.9 cm³/mol. The minimum absolute atomic E-state index is 0.259. The van der Waals surface area contributed by atoms with Gasteiger partial charge in [0.15, 0.2) is 5.13 Å². The third-order valence-electron chi connectivity index (χ3n) is 3.10. The van der Waals surface area contributed by atoms with Gasteiger partial charge in [-0.2, -0.15) is 0 Å². The van der Waals surface area contributed by atoms with Crippen molar-refractivity contribution in [2.75, 3.05) is 5.32 Å². The van der Waals surface area contributed by atoms with Gasteiger partial charge in [-0.05, 0) is 30.3 Å². The normalized spacial score (nSPS) is 10.7. The van der Waals surface area contributed by atoms with Crippen LogP contribution in [0.5, 0.6) is 0 Å². The summed E-state index contributed by atoms with van der Waals surface area (Å²) in [6, 6.07) is 7.68. The van der Waals surface area contributed by atoms with Gasteiger partial charge in [-0.15, -0.1) is 11.3 Å². The van der Waals surface area contributed by atoms with Gasteiger partial charge in [0.2, 0.25) is 0 Å². The van der Waals surface area contributed by atoms with E-state index in [1.165, 1.54) is 0 Å². The molecule has 0 atom stereocenters. The van der Waals surface area contributed by atoms with Crippen LogP contribution in [0.25, 0.3) is 11.3 Å². The van der Waals surface area contributed by atoms with Crippen molar-refractivity contribution < 1.29 is 13.6 Å². The SMILES string of the molecule is O=C(Nc1nc(-c2cc(Cl)ccc2Cl)cs1)c1ccc(F)cc1F. The molecule has 2 aromatic carbocycles. The number of rotatable bonds is 3. The second-order valence-corrected chi connectivity index (χ2v) is 6.44. The van der Waals surface area contributed by atoms with E-state index < -0.39 is 17.5 Å². The second kappa shape index (κ2) is 6.84. The molecule has 0 bridgehead atoms. The number of amides is 1. The average molecular weight is 385 g/mol. The minimum atomic E-state index is -0.942. The highest BCUT2D eigenvalue weighted by molar-refractivity contribution is 7.14. The molecule has 1 amide bonds. The average Bonchev–Trinajstić information content (AvgIpc) is 2.97. The lowest BCUT2D eigenvalue weighted by atomic mass is 10.2. The fourth-order valence-electron chi connectivity index (χ4n) is 1.99. The fraction of sp³-hybridized carbons (Fsp3) is 0. The number of hydrogen-bond acceptors (Lipinski definition) is 3. The fourth-order valence-corrected chi connectivity index (χ4v) is 3.08. The molecule has 0 aliphatic rings. The van der Waals surface area contributed by atoms with Crippen LogP contribution in [0.4, 0.5) is 13.9 Å². The zero-order valence-electron chi connectivity index (χ0n) is 11.8. The zero-order valence-corrected chi connectivity index (χ0v) is 14.1. The Balaban J connectivity index is 1.83. The van der Waals surface area contributed by atoms with Crippen LogP contribution >= 0.6 is 34.5 Å². The lowest BCUT2D eigenvalue weighted by Crippen LogP contribution is -2.13. The van der Waals surface area contributed by atoms with Gasteiger partial charge in [0.05, 0.1) is 16.3 Å². The van der Waals surface area contributed by atoms with Gasteiger partial charge >= 0.3 is 0 Å². The van der Waals surface area contributed by atoms with E-state index in [4.69, 9.17) is 23.2 Å². The van der Waals surface area contributed by atoms with Crippen molar-refractivity contribution in [2.24, 2.45) is 0 Å². The van der Waals surface area contributed by atoms with E-state index in [2.05, 4.69) is 10.3 Å². The highest BCUT2D eigenvalue weighted by Crippen LogP contribution is 2.32. The predicted octanol–water partition coefficient (Wildman–Crippen LogP) is 5.65. The van der Waals surface area contributed by atoms with Crippen molar-refractivity contribution in [3.63, 3.8) is 0 Å². The third kappa shape index (κ3) is 3.56. The number of nitrogens with zero attached hydrogens (tertiary/aromatic N) is 1. The van der Waals surface area contributed by atoms with Crippen molar-refractivity contribution in [1.29, 1.82) is 0 Å². The van der Waals surface area contributed by atoms with Crippen LogP contribution in [-0.2, 0) is 0 Å². The Hall–Kier alpha value is -2.02. The van der Waals surface area contributed by atoms with Crippen LogP contribution in [-0.4, -0.2) is 10.9 Å². The van der Waals surface area contributed by atoms with Crippen LogP contribution in [0, 0.1) is 11.6 Å². The molecule has 3 rings (SSSR count). The van der Waals surface area contributed by atoms with Crippen LogP contribution in [0.15, 0.2) is 41.8 Å². The molecule has 3 nitrogen and oxygen atoms in total. The van der Waals surface area contributed by atoms with E-state index in [0.29, 0.717) is 27.4 Å². The number of thiazole rings is 1. The van der Waals surface area contributed by atoms with E-state index in [9.17, 15) is 13.6 Å². The van der Waals surface area contributed by atoms with Gasteiger partial charge in [-0.3, -0.25) is 10.1 Å². The number of anilines is 1. The molecule has 8 heteroatoms. The number of halogens is 4. The zero-order chi connectivity index (χ0) is 17.3. The lowest BCUT2D eigenvalue weighted by molar-refractivity contribution is 0.102. The number of benzene rings is 2. The molecule has 122 valence electrons. The number of carbonyl (C=O) groups is 1. The summed E-state index contributed by atoms with van der Waals surface area (Å²) in [5, 5.41) is 5.39. The third-order valence-corrected chi connectivity index (χ3v) is 4.43. The molecule has 3 aromatic rings. The van der Waals surface area contributed by atoms with Gasteiger partial charge in [-0.25, -0.2) is 13.8 Å². The monoisotopic (exact) mass is 384 g/mol. The summed E-state index contributed by atoms with van der Waals surface area (Å²) in [5.41, 5.74) is 0.880. The molecule has 0 unspecified atom stereocenters. The molecular weight excluding hydrogens is 377 g/mol. The molecule has 1 aromatic heterocycles. The minimum Gasteiger partial charge on any atom is -0.298 e. The maximum absolute atomic E-state index is 13.6. The Morgan fingerprint density at radius 3 is 2.67 bits per heavy atom. The van der Waals surface area contributed by atoms with E-state index in [1.54, 1.807) is 23.6 Å². The first-order chi connectivity index (χ1) is 11.4. The summed E-state index contributed by atoms with van der Waals surface area (Å²) in [7, 11) is 0. The summed E-state index contributed by atoms with van der Waals surface area (Å²) in [6.07, 6.45) is 0. The summed E-state index contributed by atoms with van der Waals surface area (Å²) >= 11 is 13.2. The van der Waals surface area contributed by atoms with Gasteiger partial charge in [0.25, 0.3) is 5.91 Å². The first kappa shape index (κ1) is 16.8. The molecule has 0 saturated heterocycles. The van der Waals surface area contributed by atoms with Gasteiger partial charge in [-0.1, -0.05) is 23.2 Å². The Labute approximate surface area is 149 Å². The molecule has 0 spiro atoms. The number of carbonyl (C=O) groups excluding carboxylic acids is 1. The van der Waals surface area contributed by atoms with E-state index in [1.807, 2.05) is 0 Å². The number of hydrogen-bond donors (Lipinski definition) is 1. The Bertz CT molecular complexity index is 930. The molecule has 0 aliphatic carbocycles. The van der Waals surface area contributed by atoms with Crippen molar-refractivity contribution >= 4 is 45.6 Å². The van der Waals surface area contributed by atoms with Crippen LogP contribution in [0.2, 0.25) is 10.0 Å². The quantitative estimate of drug-likeness (QED) is 0.633. The highest BCUT2D eigenvalue weighted by Gasteiger charge is 2.15. The summed E-state index contributed by atoms with van der Waals surface area (Å²) < 4.78 is 26.5. The second-order valence-electron chi connectivity index (χ2n) is 4.74. The topological polar surface area (TPSA) is 42.0 Å². The summed E-state index contributed by atoms with van der Waals surface area (Å²) in [5.74, 6) is -2.41. The Morgan fingerprint density at radius 2 is 1.92 bits per heavy atom. The van der Waals surface area contributed by atoms with E-state index >= 15 is 0 Å². The molecule has 0 aliphatic heterocycles. The Kier molecular flexibility index (Phi) is 4.80. The van der Waals surface area contributed by atoms with Crippen LogP contribution < -0.4 is 5.32 Å². The van der Waals surface area contributed by atoms with E-state index in [0.717, 1.165) is 23.5 Å². The molecule has 0 radical (unpaired) electrons. The Morgan fingerprint density at radius 1 is 1.12 bits per heavy atom. The van der Waals surface area contributed by atoms with Gasteiger partial charge in [0, 0.05) is 22.0 Å². The first-order valence-electron chi connectivity index (χ1n) is 6.61. The summed E-state index contributed by atoms with van der Waals surface area (Å²) in [4.78, 5) is 16.3. The van der Waals surface area contributed by atoms with Crippen molar-refractivity contribution in [3.05, 3.63) is 69.0 Å². The van der Waals surface area contributed by atoms with Crippen LogP contribution in [0.3, 0.4) is 0 Å². The smallest absolute Gasteiger partial charge is 0.260 e. The largest absolute Gasteiger partial charge is 0.298 e. The molecule has 1 heterocycles. The van der Waals surface area contributed by atoms with Crippen molar-refractivity contribution in [1.82, 2.24) is 4.98 Å². The van der Waals surface area contributed by atoms with Crippen molar-refractivity contribution in [2.45, 2.75) is 0 Å². The number of nitrogens with one attached hydrogen (secondary N) is 1. The van der Waals surface area contributed by atoms with Gasteiger partial charge in [0.1, 0.15) is 11.6 Å². The number of aromatic nitrogens is 1. The first-order valence-corrected chi connectivity index (χ1v) is 8.25. The standard InChI is InChI=1S/C16H8Cl2F2N2OS/c17-8-1-4-12(18)11(5-8)14-7-24-16(21-14)22-15(23)10-3-2-9(19)6-13(10)20/h1-7H,(H,21,22,23). The molecule has 0 fully saturated rings. The van der Waals surface area contributed by atoms with Crippen molar-refractivity contribution in [3.8, 4) is 11.3 Å². The highest BCUT2D eigenvalue weighted by atomic mass is 35.5. The maximum Gasteiger partial charge on any atom is 0.260 e. The summed E-state index contributed by atoms with van der Waals surface area (Å²) in [6.45, 7) is 0. The maximum atomic E-state index is 13.6. The lowest BCUT2D eigenvalue weighted by Gasteiger charge is -2.03. The molecule has 0 saturated carbocycles. The van der Waals surface area contributed by atoms with E-state index in [-0.39, 0.29) is 10.7 Å². The van der Waals surface area contributed by atoms with Gasteiger partial charge < -0.3 is 0 Å². The van der Waals surface area contributed by atoms with Crippen LogP contribution in [0.1, 0.15) is 10.4 Å². The molecule has 1 N–H and O–H groups in total. The molecular formula is C16H8Cl2F2N2OS. The molecule has 24 heavy (non-hydrogen) atoms.